The molecule has 2 N–H and O–H groups in total. The number of nitrogens with zero attached hydrogens (tertiary/aromatic N) is 3. The number of imide groups is 1. The fourth-order valence-electron chi connectivity index (χ4n) is 6.31. The van der Waals surface area contributed by atoms with Crippen molar-refractivity contribution < 1.29 is 29.1 Å². The van der Waals surface area contributed by atoms with Crippen LogP contribution in [0.5, 0.6) is 0 Å². The SMILES string of the molecule is CCCC(C(=O)NC=O)N(C)C.CO.O=Cc1ccc(C2CCC(CN3CCN(C4=CC(C=O)C(C=O)C=C4)CC3)CC2)cc1. The largest absolute Gasteiger partial charge is 0.400 e. The molecule has 1 aromatic rings. The predicted molar refractivity (Wildman–Crippen MR) is 176 cm³/mol. The summed E-state index contributed by atoms with van der Waals surface area (Å²) in [5, 5.41) is 9.15. The molecule has 0 radical (unpaired) electrons. The zero-order valence-electron chi connectivity index (χ0n) is 27.3. The van der Waals surface area contributed by atoms with Gasteiger partial charge in [0, 0.05) is 62.9 Å². The number of hydrogen-bond acceptors (Lipinski definition) is 9. The normalized spacial score (nSPS) is 23.7. The van der Waals surface area contributed by atoms with Crippen molar-refractivity contribution in [1.29, 1.82) is 0 Å². The number of benzene rings is 1. The number of carbonyl (C=O) groups is 5. The molecule has 10 nitrogen and oxygen atoms in total. The van der Waals surface area contributed by atoms with Crippen LogP contribution in [0.15, 0.2) is 48.2 Å². The lowest BCUT2D eigenvalue weighted by molar-refractivity contribution is -0.129. The van der Waals surface area contributed by atoms with Crippen molar-refractivity contribution in [1.82, 2.24) is 20.0 Å². The number of hydrogen-bond donors (Lipinski definition) is 2. The van der Waals surface area contributed by atoms with E-state index in [0.29, 0.717) is 12.3 Å². The summed E-state index contributed by atoms with van der Waals surface area (Å²) in [6, 6.07) is 7.91. The van der Waals surface area contributed by atoms with Crippen molar-refractivity contribution >= 4 is 31.2 Å². The Morgan fingerprint density at radius 3 is 2.09 bits per heavy atom. The number of carbonyl (C=O) groups excluding carboxylic acids is 5. The van der Waals surface area contributed by atoms with Crippen molar-refractivity contribution in [3.63, 3.8) is 0 Å². The zero-order valence-corrected chi connectivity index (χ0v) is 27.3. The Hall–Kier alpha value is -3.47. The highest BCUT2D eigenvalue weighted by atomic mass is 16.2. The molecule has 2 amide bonds. The number of aldehydes is 3. The molecule has 2 fully saturated rings. The lowest BCUT2D eigenvalue weighted by Gasteiger charge is -2.40. The molecular formula is C35H52N4O6. The van der Waals surface area contributed by atoms with Gasteiger partial charge in [-0.1, -0.05) is 43.7 Å². The van der Waals surface area contributed by atoms with Crippen LogP contribution in [0.4, 0.5) is 0 Å². The number of aliphatic hydroxyl groups excluding tert-OH is 1. The third kappa shape index (κ3) is 11.8. The lowest BCUT2D eigenvalue weighted by Crippen LogP contribution is -2.47. The van der Waals surface area contributed by atoms with Gasteiger partial charge in [0.15, 0.2) is 0 Å². The molecule has 1 heterocycles. The lowest BCUT2D eigenvalue weighted by atomic mass is 9.78. The fraction of sp³-hybridized carbons (Fsp3) is 0.571. The van der Waals surface area contributed by atoms with Gasteiger partial charge in [-0.05, 0) is 75.8 Å². The maximum Gasteiger partial charge on any atom is 0.243 e. The molecule has 4 rings (SSSR count). The molecular weight excluding hydrogens is 572 g/mol. The van der Waals surface area contributed by atoms with Crippen molar-refractivity contribution in [3.05, 3.63) is 59.3 Å². The van der Waals surface area contributed by atoms with Crippen LogP contribution in [0.2, 0.25) is 0 Å². The Balaban J connectivity index is 0.000000427. The summed E-state index contributed by atoms with van der Waals surface area (Å²) >= 11 is 0. The zero-order chi connectivity index (χ0) is 33.2. The molecule has 1 saturated carbocycles. The standard InChI is InChI=1S/C26H32N2O3.C8H16N2O2.CH4O/c29-17-21-3-7-23(8-4-21)22-5-1-20(2-6-22)16-27-11-13-28(14-12-27)26-10-9-24(18-30)25(15-26)19-31;1-4-5-7(10(2)3)8(12)9-6-11;1-2/h3-4,7-10,15,17-20,22,24-25H,1-2,5-6,11-14,16H2;6-7H,4-5H2,1-3H3,(H,9,11,12);2H,1H3. The number of rotatable bonds is 12. The van der Waals surface area contributed by atoms with E-state index >= 15 is 0 Å². The van der Waals surface area contributed by atoms with Crippen molar-refractivity contribution in [2.75, 3.05) is 53.9 Å². The molecule has 10 heteroatoms. The van der Waals surface area contributed by atoms with Gasteiger partial charge in [0.2, 0.25) is 12.3 Å². The molecule has 1 aliphatic heterocycles. The van der Waals surface area contributed by atoms with E-state index in [2.05, 4.69) is 27.2 Å². The summed E-state index contributed by atoms with van der Waals surface area (Å²) in [6.45, 7) is 7.19. The minimum absolute atomic E-state index is 0.194. The van der Waals surface area contributed by atoms with E-state index in [1.807, 2.05) is 56.3 Å². The van der Waals surface area contributed by atoms with Crippen LogP contribution < -0.4 is 5.32 Å². The van der Waals surface area contributed by atoms with Crippen molar-refractivity contribution in [2.45, 2.75) is 57.4 Å². The summed E-state index contributed by atoms with van der Waals surface area (Å²) in [6.07, 6.45) is 15.6. The monoisotopic (exact) mass is 624 g/mol. The van der Waals surface area contributed by atoms with Gasteiger partial charge in [-0.3, -0.25) is 29.5 Å². The van der Waals surface area contributed by atoms with E-state index in [0.717, 1.165) is 82.2 Å². The highest BCUT2D eigenvalue weighted by Crippen LogP contribution is 2.36. The Morgan fingerprint density at radius 2 is 1.58 bits per heavy atom. The molecule has 45 heavy (non-hydrogen) atoms. The third-order valence-electron chi connectivity index (χ3n) is 8.94. The number of likely N-dealkylation sites (N-methyl/N-ethyl adjacent to an activating group) is 1. The maximum absolute atomic E-state index is 11.3. The van der Waals surface area contributed by atoms with Gasteiger partial charge in [-0.15, -0.1) is 0 Å². The van der Waals surface area contributed by atoms with E-state index in [9.17, 15) is 24.0 Å². The first-order valence-electron chi connectivity index (χ1n) is 16.0. The summed E-state index contributed by atoms with van der Waals surface area (Å²) in [5.74, 6) is 0.510. The van der Waals surface area contributed by atoms with Crippen molar-refractivity contribution in [3.8, 4) is 0 Å². The second-order valence-corrected chi connectivity index (χ2v) is 12.1. The molecule has 1 saturated heterocycles. The Kier molecular flexibility index (Phi) is 17.2. The Morgan fingerprint density at radius 1 is 0.956 bits per heavy atom. The van der Waals surface area contributed by atoms with Crippen LogP contribution in [0.3, 0.4) is 0 Å². The molecule has 3 unspecified atom stereocenters. The summed E-state index contributed by atoms with van der Waals surface area (Å²) in [5.41, 5.74) is 3.20. The summed E-state index contributed by atoms with van der Waals surface area (Å²) < 4.78 is 0. The number of nitrogens with one attached hydrogen (secondary N) is 1. The Labute approximate surface area is 268 Å². The van der Waals surface area contributed by atoms with E-state index in [-0.39, 0.29) is 23.8 Å². The van der Waals surface area contributed by atoms with Gasteiger partial charge in [0.25, 0.3) is 0 Å². The number of amides is 2. The van der Waals surface area contributed by atoms with Crippen molar-refractivity contribution in [2.24, 2.45) is 17.8 Å². The van der Waals surface area contributed by atoms with Gasteiger partial charge in [-0.2, -0.15) is 0 Å². The van der Waals surface area contributed by atoms with Crippen LogP contribution in [0.25, 0.3) is 0 Å². The molecule has 3 aliphatic rings. The molecule has 1 aromatic carbocycles. The van der Waals surface area contributed by atoms with Crippen LogP contribution in [-0.2, 0) is 19.2 Å². The first kappa shape index (κ1) is 37.7. The second kappa shape index (κ2) is 20.5. The minimum Gasteiger partial charge on any atom is -0.400 e. The highest BCUT2D eigenvalue weighted by Gasteiger charge is 2.27. The molecule has 0 spiro atoms. The molecule has 0 bridgehead atoms. The molecule has 2 aliphatic carbocycles. The predicted octanol–water partition coefficient (Wildman–Crippen LogP) is 3.07. The number of aliphatic hydroxyl groups is 1. The summed E-state index contributed by atoms with van der Waals surface area (Å²) in [7, 11) is 4.65. The topological polar surface area (TPSA) is 127 Å². The highest BCUT2D eigenvalue weighted by molar-refractivity contribution is 5.89. The van der Waals surface area contributed by atoms with Gasteiger partial charge in [-0.25, -0.2) is 0 Å². The Bertz CT molecular complexity index is 1120. The van der Waals surface area contributed by atoms with Gasteiger partial charge in [0.1, 0.15) is 18.9 Å². The first-order valence-corrected chi connectivity index (χ1v) is 16.0. The van der Waals surface area contributed by atoms with Crippen LogP contribution in [0, 0.1) is 17.8 Å². The molecule has 0 aromatic heterocycles. The molecule has 3 atom stereocenters. The third-order valence-corrected chi connectivity index (χ3v) is 8.94. The summed E-state index contributed by atoms with van der Waals surface area (Å²) in [4.78, 5) is 61.2. The second-order valence-electron chi connectivity index (χ2n) is 12.1. The fourth-order valence-corrected chi connectivity index (χ4v) is 6.31. The average Bonchev–Trinajstić information content (AvgIpc) is 3.08. The maximum atomic E-state index is 11.3. The van der Waals surface area contributed by atoms with Crippen LogP contribution in [0.1, 0.15) is 67.3 Å². The molecule has 248 valence electrons. The number of piperazine rings is 1. The van der Waals surface area contributed by atoms with E-state index < -0.39 is 0 Å². The van der Waals surface area contributed by atoms with E-state index in [4.69, 9.17) is 5.11 Å². The minimum atomic E-state index is -0.333. The smallest absolute Gasteiger partial charge is 0.243 e. The first-order chi connectivity index (χ1) is 21.8. The van der Waals surface area contributed by atoms with Gasteiger partial charge >= 0.3 is 0 Å². The quantitative estimate of drug-likeness (QED) is 0.338. The van der Waals surface area contributed by atoms with E-state index in [1.165, 1.54) is 37.8 Å². The van der Waals surface area contributed by atoms with Gasteiger partial charge < -0.3 is 19.6 Å². The van der Waals surface area contributed by atoms with Crippen LogP contribution >= 0.6 is 0 Å². The number of allylic oxidation sites excluding steroid dienone is 3. The van der Waals surface area contributed by atoms with Crippen LogP contribution in [-0.4, -0.2) is 111 Å². The van der Waals surface area contributed by atoms with Gasteiger partial charge in [0.05, 0.1) is 6.04 Å². The van der Waals surface area contributed by atoms with E-state index in [1.54, 1.807) is 0 Å². The average molecular weight is 625 g/mol.